The van der Waals surface area contributed by atoms with Crippen LogP contribution >= 0.6 is 0 Å². The number of fused-ring (bicyclic) bond motifs is 1. The Morgan fingerprint density at radius 2 is 1.86 bits per heavy atom. The van der Waals surface area contributed by atoms with Crippen LogP contribution in [0.5, 0.6) is 0 Å². The summed E-state index contributed by atoms with van der Waals surface area (Å²) in [4.78, 5) is 10.3. The molecule has 1 heterocycles. The van der Waals surface area contributed by atoms with Gasteiger partial charge in [-0.2, -0.15) is 0 Å². The second-order valence-electron chi connectivity index (χ2n) is 5.08. The Labute approximate surface area is 122 Å². The molecule has 4 heteroatoms. The Hall–Kier alpha value is -2.62. The molecule has 3 aromatic rings. The SMILES string of the molecule is CCc1cccc2ccn(Cc3ccc([N+](=O)[O-])cc3)c12. The summed E-state index contributed by atoms with van der Waals surface area (Å²) >= 11 is 0. The quantitative estimate of drug-likeness (QED) is 0.532. The van der Waals surface area contributed by atoms with E-state index in [-0.39, 0.29) is 10.6 Å². The van der Waals surface area contributed by atoms with Gasteiger partial charge in [0.1, 0.15) is 0 Å². The van der Waals surface area contributed by atoms with Crippen LogP contribution in [0, 0.1) is 10.1 Å². The molecule has 106 valence electrons. The number of nitro benzene ring substituents is 1. The first-order valence-electron chi connectivity index (χ1n) is 6.99. The van der Waals surface area contributed by atoms with E-state index in [0.717, 1.165) is 18.5 Å². The van der Waals surface area contributed by atoms with E-state index in [2.05, 4.69) is 42.0 Å². The van der Waals surface area contributed by atoms with Crippen molar-refractivity contribution in [2.75, 3.05) is 0 Å². The van der Waals surface area contributed by atoms with Gasteiger partial charge in [-0.15, -0.1) is 0 Å². The lowest BCUT2D eigenvalue weighted by atomic mass is 10.1. The van der Waals surface area contributed by atoms with E-state index in [4.69, 9.17) is 0 Å². The average Bonchev–Trinajstić information content (AvgIpc) is 2.91. The van der Waals surface area contributed by atoms with E-state index in [1.165, 1.54) is 16.5 Å². The number of rotatable bonds is 4. The standard InChI is InChI=1S/C17H16N2O2/c1-2-14-4-3-5-15-10-11-18(17(14)15)12-13-6-8-16(9-7-13)19(20)21/h3-11H,2,12H2,1H3. The van der Waals surface area contributed by atoms with Crippen molar-refractivity contribution in [2.45, 2.75) is 19.9 Å². The lowest BCUT2D eigenvalue weighted by molar-refractivity contribution is -0.384. The summed E-state index contributed by atoms with van der Waals surface area (Å²) in [5, 5.41) is 11.9. The molecule has 0 aliphatic carbocycles. The average molecular weight is 280 g/mol. The van der Waals surface area contributed by atoms with Gasteiger partial charge in [-0.3, -0.25) is 10.1 Å². The van der Waals surface area contributed by atoms with E-state index in [9.17, 15) is 10.1 Å². The van der Waals surface area contributed by atoms with Crippen molar-refractivity contribution in [3.63, 3.8) is 0 Å². The van der Waals surface area contributed by atoms with Crippen molar-refractivity contribution in [1.29, 1.82) is 0 Å². The number of nitro groups is 1. The van der Waals surface area contributed by atoms with Crippen LogP contribution in [0.25, 0.3) is 10.9 Å². The highest BCUT2D eigenvalue weighted by molar-refractivity contribution is 5.83. The third-order valence-electron chi connectivity index (χ3n) is 3.75. The fraction of sp³-hybridized carbons (Fsp3) is 0.176. The van der Waals surface area contributed by atoms with Crippen molar-refractivity contribution in [1.82, 2.24) is 4.57 Å². The van der Waals surface area contributed by atoms with E-state index < -0.39 is 0 Å². The number of nitrogens with zero attached hydrogens (tertiary/aromatic N) is 2. The predicted molar refractivity (Wildman–Crippen MR) is 83.5 cm³/mol. The Kier molecular flexibility index (Phi) is 3.44. The highest BCUT2D eigenvalue weighted by atomic mass is 16.6. The molecule has 1 aromatic heterocycles. The first-order chi connectivity index (χ1) is 10.2. The minimum absolute atomic E-state index is 0.130. The van der Waals surface area contributed by atoms with Gasteiger partial charge < -0.3 is 4.57 Å². The molecular formula is C17H16N2O2. The number of aryl methyl sites for hydroxylation is 1. The predicted octanol–water partition coefficient (Wildman–Crippen LogP) is 4.16. The minimum Gasteiger partial charge on any atom is -0.343 e. The highest BCUT2D eigenvalue weighted by Crippen LogP contribution is 2.22. The molecule has 0 bridgehead atoms. The number of hydrogen-bond donors (Lipinski definition) is 0. The Morgan fingerprint density at radius 1 is 1.10 bits per heavy atom. The van der Waals surface area contributed by atoms with Gasteiger partial charge in [0.25, 0.3) is 5.69 Å². The number of para-hydroxylation sites is 1. The van der Waals surface area contributed by atoms with Crippen molar-refractivity contribution in [2.24, 2.45) is 0 Å². The molecule has 0 amide bonds. The summed E-state index contributed by atoms with van der Waals surface area (Å²) in [7, 11) is 0. The second-order valence-corrected chi connectivity index (χ2v) is 5.08. The summed E-state index contributed by atoms with van der Waals surface area (Å²) in [6, 6.07) is 15.2. The third-order valence-corrected chi connectivity index (χ3v) is 3.75. The molecule has 0 aliphatic heterocycles. The number of non-ortho nitro benzene ring substituents is 1. The zero-order chi connectivity index (χ0) is 14.8. The van der Waals surface area contributed by atoms with Crippen LogP contribution in [0.4, 0.5) is 5.69 Å². The van der Waals surface area contributed by atoms with E-state index in [1.807, 2.05) is 12.1 Å². The van der Waals surface area contributed by atoms with E-state index in [1.54, 1.807) is 12.1 Å². The first kappa shape index (κ1) is 13.4. The summed E-state index contributed by atoms with van der Waals surface area (Å²) in [5.74, 6) is 0. The van der Waals surface area contributed by atoms with Crippen molar-refractivity contribution < 1.29 is 4.92 Å². The molecule has 0 unspecified atom stereocenters. The molecule has 2 aromatic carbocycles. The van der Waals surface area contributed by atoms with Gasteiger partial charge in [-0.25, -0.2) is 0 Å². The second kappa shape index (κ2) is 5.40. The molecule has 0 N–H and O–H groups in total. The molecule has 0 radical (unpaired) electrons. The number of benzene rings is 2. The van der Waals surface area contributed by atoms with Crippen molar-refractivity contribution in [3.05, 3.63) is 76.0 Å². The van der Waals surface area contributed by atoms with Crippen LogP contribution in [0.3, 0.4) is 0 Å². The van der Waals surface area contributed by atoms with Gasteiger partial charge in [0, 0.05) is 24.9 Å². The third kappa shape index (κ3) is 2.52. The largest absolute Gasteiger partial charge is 0.343 e. The molecule has 0 fully saturated rings. The van der Waals surface area contributed by atoms with Crippen LogP contribution in [-0.2, 0) is 13.0 Å². The van der Waals surface area contributed by atoms with Crippen molar-refractivity contribution >= 4 is 16.6 Å². The van der Waals surface area contributed by atoms with Crippen LogP contribution in [0.2, 0.25) is 0 Å². The molecule has 0 saturated heterocycles. The van der Waals surface area contributed by atoms with Crippen LogP contribution < -0.4 is 0 Å². The van der Waals surface area contributed by atoms with Gasteiger partial charge in [-0.1, -0.05) is 37.3 Å². The molecular weight excluding hydrogens is 264 g/mol. The lowest BCUT2D eigenvalue weighted by Crippen LogP contribution is -2.00. The fourth-order valence-corrected chi connectivity index (χ4v) is 2.68. The van der Waals surface area contributed by atoms with Gasteiger partial charge in [0.15, 0.2) is 0 Å². The summed E-state index contributed by atoms with van der Waals surface area (Å²) in [6.07, 6.45) is 3.06. The molecule has 3 rings (SSSR count). The van der Waals surface area contributed by atoms with E-state index >= 15 is 0 Å². The first-order valence-corrected chi connectivity index (χ1v) is 6.99. The molecule has 0 aliphatic rings. The highest BCUT2D eigenvalue weighted by Gasteiger charge is 2.07. The van der Waals surface area contributed by atoms with Gasteiger partial charge in [-0.05, 0) is 29.0 Å². The Bertz CT molecular complexity index is 788. The Balaban J connectivity index is 1.96. The number of aromatic nitrogens is 1. The smallest absolute Gasteiger partial charge is 0.269 e. The zero-order valence-corrected chi connectivity index (χ0v) is 11.8. The fourth-order valence-electron chi connectivity index (χ4n) is 2.68. The molecule has 0 saturated carbocycles. The monoisotopic (exact) mass is 280 g/mol. The van der Waals surface area contributed by atoms with E-state index in [0.29, 0.717) is 0 Å². The van der Waals surface area contributed by atoms with Crippen LogP contribution in [-0.4, -0.2) is 9.49 Å². The minimum atomic E-state index is -0.371. The molecule has 0 atom stereocenters. The molecule has 4 nitrogen and oxygen atoms in total. The Morgan fingerprint density at radius 3 is 2.52 bits per heavy atom. The zero-order valence-electron chi connectivity index (χ0n) is 11.8. The summed E-state index contributed by atoms with van der Waals surface area (Å²) < 4.78 is 2.20. The maximum atomic E-state index is 10.7. The summed E-state index contributed by atoms with van der Waals surface area (Å²) in [5.41, 5.74) is 3.76. The maximum absolute atomic E-state index is 10.7. The topological polar surface area (TPSA) is 48.1 Å². The van der Waals surface area contributed by atoms with Crippen LogP contribution in [0.15, 0.2) is 54.7 Å². The normalized spacial score (nSPS) is 10.9. The summed E-state index contributed by atoms with van der Waals surface area (Å²) in [6.45, 7) is 2.87. The number of hydrogen-bond acceptors (Lipinski definition) is 2. The molecule has 21 heavy (non-hydrogen) atoms. The van der Waals surface area contributed by atoms with Crippen LogP contribution in [0.1, 0.15) is 18.1 Å². The van der Waals surface area contributed by atoms with Gasteiger partial charge in [0.2, 0.25) is 0 Å². The van der Waals surface area contributed by atoms with Crippen molar-refractivity contribution in [3.8, 4) is 0 Å². The van der Waals surface area contributed by atoms with Gasteiger partial charge in [0.05, 0.1) is 10.4 Å². The maximum Gasteiger partial charge on any atom is 0.269 e. The van der Waals surface area contributed by atoms with Gasteiger partial charge >= 0.3 is 0 Å². The molecule has 0 spiro atoms. The lowest BCUT2D eigenvalue weighted by Gasteiger charge is -2.09.